The van der Waals surface area contributed by atoms with Gasteiger partial charge in [0.1, 0.15) is 0 Å². The van der Waals surface area contributed by atoms with Crippen LogP contribution in [-0.2, 0) is 4.79 Å². The van der Waals surface area contributed by atoms with Gasteiger partial charge < -0.3 is 15.5 Å². The van der Waals surface area contributed by atoms with Gasteiger partial charge in [0.15, 0.2) is 0 Å². The summed E-state index contributed by atoms with van der Waals surface area (Å²) < 4.78 is 0. The maximum atomic E-state index is 12.2. The maximum Gasteiger partial charge on any atom is 0.238 e. The van der Waals surface area contributed by atoms with E-state index in [0.717, 1.165) is 24.3 Å². The van der Waals surface area contributed by atoms with Crippen molar-refractivity contribution in [3.8, 4) is 0 Å². The number of nitrogens with zero attached hydrogens (tertiary/aromatic N) is 1. The third-order valence-corrected chi connectivity index (χ3v) is 5.16. The van der Waals surface area contributed by atoms with Gasteiger partial charge in [0.25, 0.3) is 0 Å². The van der Waals surface area contributed by atoms with Gasteiger partial charge in [-0.2, -0.15) is 0 Å². The van der Waals surface area contributed by atoms with Gasteiger partial charge in [-0.25, -0.2) is 0 Å². The van der Waals surface area contributed by atoms with Crippen LogP contribution in [0.3, 0.4) is 0 Å². The summed E-state index contributed by atoms with van der Waals surface area (Å²) in [6.45, 7) is 4.48. The van der Waals surface area contributed by atoms with E-state index in [1.54, 1.807) is 0 Å². The molecule has 1 heterocycles. The Bertz CT molecular complexity index is 726. The lowest BCUT2D eigenvalue weighted by Gasteiger charge is -2.28. The zero-order valence-corrected chi connectivity index (χ0v) is 15.9. The van der Waals surface area contributed by atoms with E-state index < -0.39 is 0 Å². The maximum absolute atomic E-state index is 12.2. The Morgan fingerprint density at radius 3 is 2.46 bits per heavy atom. The largest absolute Gasteiger partial charge is 0.372 e. The molecular weight excluding hydrogens is 346 g/mol. The third kappa shape index (κ3) is 4.99. The Labute approximate surface area is 160 Å². The molecule has 26 heavy (non-hydrogen) atoms. The number of carbonyl (C=O) groups excluding carboxylic acids is 1. The van der Waals surface area contributed by atoms with E-state index in [1.807, 2.05) is 43.3 Å². The molecule has 0 bridgehead atoms. The number of carbonyl (C=O) groups is 1. The third-order valence-electron chi connectivity index (χ3n) is 4.81. The standard InChI is InChI=1S/C21H26ClN3O/c1-16(19-7-3-4-8-20(19)22)23-15-21(26)24-17-9-11-18(12-10-17)25-13-5-2-6-14-25/h3-4,7-12,16,23H,2,5-6,13-15H2,1H3,(H,24,26)/t16-/m1/s1. The van der Waals surface area contributed by atoms with Crippen molar-refractivity contribution in [1.29, 1.82) is 0 Å². The van der Waals surface area contributed by atoms with Crippen molar-refractivity contribution in [2.24, 2.45) is 0 Å². The second-order valence-electron chi connectivity index (χ2n) is 6.77. The number of hydrogen-bond acceptors (Lipinski definition) is 3. The number of hydrogen-bond donors (Lipinski definition) is 2. The Morgan fingerprint density at radius 2 is 1.77 bits per heavy atom. The second-order valence-corrected chi connectivity index (χ2v) is 7.17. The smallest absolute Gasteiger partial charge is 0.238 e. The molecule has 2 aromatic rings. The van der Waals surface area contributed by atoms with E-state index in [4.69, 9.17) is 11.6 Å². The molecule has 0 aromatic heterocycles. The molecule has 1 saturated heterocycles. The molecule has 0 aliphatic carbocycles. The number of benzene rings is 2. The monoisotopic (exact) mass is 371 g/mol. The summed E-state index contributed by atoms with van der Waals surface area (Å²) in [7, 11) is 0. The van der Waals surface area contributed by atoms with Crippen LogP contribution in [0.2, 0.25) is 5.02 Å². The van der Waals surface area contributed by atoms with Crippen LogP contribution in [0.4, 0.5) is 11.4 Å². The van der Waals surface area contributed by atoms with Crippen molar-refractivity contribution in [2.75, 3.05) is 29.9 Å². The summed E-state index contributed by atoms with van der Waals surface area (Å²) in [4.78, 5) is 14.6. The highest BCUT2D eigenvalue weighted by Gasteiger charge is 2.12. The molecule has 1 atom stereocenters. The summed E-state index contributed by atoms with van der Waals surface area (Å²) in [6, 6.07) is 15.8. The fourth-order valence-electron chi connectivity index (χ4n) is 3.29. The lowest BCUT2D eigenvalue weighted by molar-refractivity contribution is -0.115. The molecule has 3 rings (SSSR count). The van der Waals surface area contributed by atoms with E-state index in [0.29, 0.717) is 5.02 Å². The zero-order chi connectivity index (χ0) is 18.4. The van der Waals surface area contributed by atoms with Crippen LogP contribution in [0.25, 0.3) is 0 Å². The Morgan fingerprint density at radius 1 is 1.08 bits per heavy atom. The first kappa shape index (κ1) is 18.7. The molecule has 2 aromatic carbocycles. The first-order valence-corrected chi connectivity index (χ1v) is 9.64. The van der Waals surface area contributed by atoms with Gasteiger partial charge >= 0.3 is 0 Å². The lowest BCUT2D eigenvalue weighted by Crippen LogP contribution is -2.30. The van der Waals surface area contributed by atoms with Crippen molar-refractivity contribution in [3.63, 3.8) is 0 Å². The SMILES string of the molecule is C[C@@H](NCC(=O)Nc1ccc(N2CCCCC2)cc1)c1ccccc1Cl. The predicted octanol–water partition coefficient (Wildman–Crippen LogP) is 4.62. The normalized spacial score (nSPS) is 15.5. The molecule has 0 radical (unpaired) electrons. The minimum absolute atomic E-state index is 0.0101. The second kappa shape index (κ2) is 9.06. The van der Waals surface area contributed by atoms with E-state index in [1.165, 1.54) is 24.9 Å². The minimum atomic E-state index is -0.0605. The van der Waals surface area contributed by atoms with Gasteiger partial charge in [-0.05, 0) is 62.1 Å². The van der Waals surface area contributed by atoms with Crippen molar-refractivity contribution in [1.82, 2.24) is 5.32 Å². The highest BCUT2D eigenvalue weighted by atomic mass is 35.5. The average molecular weight is 372 g/mol. The predicted molar refractivity (Wildman–Crippen MR) is 109 cm³/mol. The molecule has 0 unspecified atom stereocenters. The van der Waals surface area contributed by atoms with Crippen LogP contribution >= 0.6 is 11.6 Å². The van der Waals surface area contributed by atoms with Crippen molar-refractivity contribution in [2.45, 2.75) is 32.2 Å². The molecule has 5 heteroatoms. The molecule has 1 aliphatic heterocycles. The minimum Gasteiger partial charge on any atom is -0.372 e. The van der Waals surface area contributed by atoms with Crippen LogP contribution in [0.1, 0.15) is 37.8 Å². The summed E-state index contributed by atoms with van der Waals surface area (Å²) in [6.07, 6.45) is 3.84. The average Bonchev–Trinajstić information content (AvgIpc) is 2.68. The fourth-order valence-corrected chi connectivity index (χ4v) is 3.59. The number of nitrogens with one attached hydrogen (secondary N) is 2. The Hall–Kier alpha value is -2.04. The number of anilines is 2. The summed E-state index contributed by atoms with van der Waals surface area (Å²) in [5.74, 6) is -0.0605. The van der Waals surface area contributed by atoms with Crippen LogP contribution in [-0.4, -0.2) is 25.5 Å². The lowest BCUT2D eigenvalue weighted by atomic mass is 10.1. The van der Waals surface area contributed by atoms with Crippen LogP contribution in [0, 0.1) is 0 Å². The number of piperidine rings is 1. The first-order valence-electron chi connectivity index (χ1n) is 9.26. The molecule has 1 aliphatic rings. The van der Waals surface area contributed by atoms with E-state index in [-0.39, 0.29) is 18.5 Å². The van der Waals surface area contributed by atoms with Gasteiger partial charge in [-0.1, -0.05) is 29.8 Å². The summed E-state index contributed by atoms with van der Waals surface area (Å²) >= 11 is 6.20. The highest BCUT2D eigenvalue weighted by Crippen LogP contribution is 2.23. The van der Waals surface area contributed by atoms with Gasteiger partial charge in [-0.15, -0.1) is 0 Å². The van der Waals surface area contributed by atoms with Crippen molar-refractivity contribution >= 4 is 28.9 Å². The highest BCUT2D eigenvalue weighted by molar-refractivity contribution is 6.31. The molecule has 2 N–H and O–H groups in total. The number of amides is 1. The van der Waals surface area contributed by atoms with Crippen LogP contribution in [0.15, 0.2) is 48.5 Å². The molecule has 1 fully saturated rings. The van der Waals surface area contributed by atoms with Gasteiger partial charge in [-0.3, -0.25) is 4.79 Å². The molecule has 138 valence electrons. The van der Waals surface area contributed by atoms with Gasteiger partial charge in [0.05, 0.1) is 6.54 Å². The molecule has 0 spiro atoms. The van der Waals surface area contributed by atoms with E-state index in [2.05, 4.69) is 27.7 Å². The molecular formula is C21H26ClN3O. The van der Waals surface area contributed by atoms with Crippen molar-refractivity contribution in [3.05, 3.63) is 59.1 Å². The van der Waals surface area contributed by atoms with Crippen LogP contribution in [0.5, 0.6) is 0 Å². The summed E-state index contributed by atoms with van der Waals surface area (Å²) in [5.41, 5.74) is 3.05. The summed E-state index contributed by atoms with van der Waals surface area (Å²) in [5, 5.41) is 6.87. The quantitative estimate of drug-likeness (QED) is 0.778. The van der Waals surface area contributed by atoms with Gasteiger partial charge in [0.2, 0.25) is 5.91 Å². The number of rotatable bonds is 6. The van der Waals surface area contributed by atoms with E-state index in [9.17, 15) is 4.79 Å². The molecule has 0 saturated carbocycles. The molecule has 1 amide bonds. The topological polar surface area (TPSA) is 44.4 Å². The fraction of sp³-hybridized carbons (Fsp3) is 0.381. The van der Waals surface area contributed by atoms with Crippen molar-refractivity contribution < 1.29 is 4.79 Å². The Balaban J connectivity index is 1.49. The molecule has 4 nitrogen and oxygen atoms in total. The van der Waals surface area contributed by atoms with Crippen LogP contribution < -0.4 is 15.5 Å². The Kier molecular flexibility index (Phi) is 6.53. The van der Waals surface area contributed by atoms with E-state index >= 15 is 0 Å². The van der Waals surface area contributed by atoms with Gasteiger partial charge in [0, 0.05) is 35.5 Å². The zero-order valence-electron chi connectivity index (χ0n) is 15.2. The first-order chi connectivity index (χ1) is 12.6. The number of halogens is 1.